The third kappa shape index (κ3) is 2.27. The van der Waals surface area contributed by atoms with E-state index in [2.05, 4.69) is 14.7 Å². The number of nitrogens with zero attached hydrogens (tertiary/aromatic N) is 1. The molecule has 5 nitrogen and oxygen atoms in total. The number of nitrogens with one attached hydrogen (secondary N) is 1. The average Bonchev–Trinajstić information content (AvgIpc) is 2.39. The zero-order valence-electron chi connectivity index (χ0n) is 9.44. The van der Waals surface area contributed by atoms with E-state index < -0.39 is 17.5 Å². The number of halogens is 1. The van der Waals surface area contributed by atoms with E-state index in [1.807, 2.05) is 0 Å². The molecule has 0 aliphatic rings. The molecule has 1 N–H and O–H groups in total. The number of aromatic amines is 1. The lowest BCUT2D eigenvalue weighted by molar-refractivity contribution is 0.0600. The number of methoxy groups -OCH3 is 1. The molecule has 92 valence electrons. The predicted octanol–water partition coefficient (Wildman–Crippen LogP) is 1.36. The van der Waals surface area contributed by atoms with Gasteiger partial charge < -0.3 is 9.72 Å². The van der Waals surface area contributed by atoms with Crippen molar-refractivity contribution < 1.29 is 13.9 Å². The van der Waals surface area contributed by atoms with Gasteiger partial charge in [0.05, 0.1) is 12.7 Å². The summed E-state index contributed by atoms with van der Waals surface area (Å²) in [7, 11) is 1.24. The van der Waals surface area contributed by atoms with Gasteiger partial charge in [0.25, 0.3) is 0 Å². The minimum absolute atomic E-state index is 0.168. The maximum atomic E-state index is 13.7. The number of ether oxygens (including phenoxy) is 1. The summed E-state index contributed by atoms with van der Waals surface area (Å²) in [6.45, 7) is 0. The lowest BCUT2D eigenvalue weighted by Crippen LogP contribution is -2.08. The predicted molar refractivity (Wildman–Crippen MR) is 61.6 cm³/mol. The molecule has 0 aliphatic carbocycles. The van der Waals surface area contributed by atoms with Crippen LogP contribution in [-0.4, -0.2) is 23.0 Å². The monoisotopic (exact) mass is 248 g/mol. The summed E-state index contributed by atoms with van der Waals surface area (Å²) in [4.78, 5) is 28.0. The molecule has 0 unspecified atom stereocenters. The number of hydrogen-bond acceptors (Lipinski definition) is 4. The molecular weight excluding hydrogens is 239 g/mol. The fourth-order valence-corrected chi connectivity index (χ4v) is 1.48. The van der Waals surface area contributed by atoms with Gasteiger partial charge >= 0.3 is 11.7 Å². The second-order valence-electron chi connectivity index (χ2n) is 3.49. The molecule has 0 spiro atoms. The van der Waals surface area contributed by atoms with Crippen LogP contribution in [0.4, 0.5) is 4.39 Å². The topological polar surface area (TPSA) is 72.0 Å². The summed E-state index contributed by atoms with van der Waals surface area (Å²) < 4.78 is 18.2. The van der Waals surface area contributed by atoms with Crippen molar-refractivity contribution in [3.05, 3.63) is 52.5 Å². The van der Waals surface area contributed by atoms with Crippen molar-refractivity contribution in [2.75, 3.05) is 7.11 Å². The highest BCUT2D eigenvalue weighted by atomic mass is 19.1. The third-order valence-electron chi connectivity index (χ3n) is 2.37. The number of rotatable bonds is 2. The van der Waals surface area contributed by atoms with E-state index in [1.165, 1.54) is 31.6 Å². The maximum Gasteiger partial charge on any atom is 0.344 e. The van der Waals surface area contributed by atoms with E-state index in [-0.39, 0.29) is 11.1 Å². The lowest BCUT2D eigenvalue weighted by atomic mass is 10.1. The first kappa shape index (κ1) is 12.0. The quantitative estimate of drug-likeness (QED) is 0.814. The Balaban J connectivity index is 2.52. The Morgan fingerprint density at radius 1 is 1.44 bits per heavy atom. The molecule has 0 aliphatic heterocycles. The van der Waals surface area contributed by atoms with Crippen molar-refractivity contribution in [3.63, 3.8) is 0 Å². The van der Waals surface area contributed by atoms with Gasteiger partial charge in [-0.05, 0) is 18.2 Å². The number of benzene rings is 1. The Bertz CT molecular complexity index is 632. The summed E-state index contributed by atoms with van der Waals surface area (Å²) in [5.41, 5.74) is 0.239. The zero-order chi connectivity index (χ0) is 13.1. The molecule has 2 aromatic rings. The van der Waals surface area contributed by atoms with E-state index in [1.54, 1.807) is 0 Å². The molecule has 1 aromatic carbocycles. The summed E-state index contributed by atoms with van der Waals surface area (Å²) in [6.07, 6.45) is 2.56. The van der Waals surface area contributed by atoms with E-state index >= 15 is 0 Å². The molecule has 1 heterocycles. The number of carbonyl (C=O) groups excluding carboxylic acids is 1. The molecule has 0 atom stereocenters. The first-order valence-corrected chi connectivity index (χ1v) is 5.05. The molecule has 2 rings (SSSR count). The van der Waals surface area contributed by atoms with Gasteiger partial charge in [0, 0.05) is 23.5 Å². The largest absolute Gasteiger partial charge is 0.465 e. The van der Waals surface area contributed by atoms with Crippen LogP contribution in [0.25, 0.3) is 11.1 Å². The van der Waals surface area contributed by atoms with E-state index in [0.717, 1.165) is 6.07 Å². The van der Waals surface area contributed by atoms with E-state index in [4.69, 9.17) is 0 Å². The van der Waals surface area contributed by atoms with Crippen LogP contribution in [0, 0.1) is 5.82 Å². The Kier molecular flexibility index (Phi) is 3.18. The summed E-state index contributed by atoms with van der Waals surface area (Å²) in [6, 6.07) is 3.83. The Morgan fingerprint density at radius 2 is 2.22 bits per heavy atom. The zero-order valence-corrected chi connectivity index (χ0v) is 9.44. The number of H-pyrrole nitrogens is 1. The van der Waals surface area contributed by atoms with Crippen molar-refractivity contribution in [1.29, 1.82) is 0 Å². The molecule has 1 aromatic heterocycles. The fourth-order valence-electron chi connectivity index (χ4n) is 1.48. The Labute approximate surface area is 101 Å². The van der Waals surface area contributed by atoms with Crippen molar-refractivity contribution in [2.45, 2.75) is 0 Å². The van der Waals surface area contributed by atoms with Gasteiger partial charge in [0.1, 0.15) is 5.82 Å². The second kappa shape index (κ2) is 4.79. The summed E-state index contributed by atoms with van der Waals surface area (Å²) in [5, 5.41) is 0. The van der Waals surface area contributed by atoms with Crippen molar-refractivity contribution >= 4 is 5.97 Å². The Morgan fingerprint density at radius 3 is 2.83 bits per heavy atom. The lowest BCUT2D eigenvalue weighted by Gasteiger charge is -2.05. The third-order valence-corrected chi connectivity index (χ3v) is 2.37. The number of aromatic nitrogens is 2. The second-order valence-corrected chi connectivity index (χ2v) is 3.49. The smallest absolute Gasteiger partial charge is 0.344 e. The van der Waals surface area contributed by atoms with Crippen LogP contribution in [0.15, 0.2) is 35.4 Å². The molecule has 0 bridgehead atoms. The number of carbonyl (C=O) groups is 1. The van der Waals surface area contributed by atoms with Gasteiger partial charge in [-0.15, -0.1) is 0 Å². The fraction of sp³-hybridized carbons (Fsp3) is 0.0833. The van der Waals surface area contributed by atoms with Crippen LogP contribution in [-0.2, 0) is 4.74 Å². The summed E-state index contributed by atoms with van der Waals surface area (Å²) in [5.74, 6) is -1.08. The molecular formula is C12H9FN2O3. The normalized spacial score (nSPS) is 10.1. The highest BCUT2D eigenvalue weighted by Crippen LogP contribution is 2.22. The number of hydrogen-bond donors (Lipinski definition) is 1. The maximum absolute atomic E-state index is 13.7. The van der Waals surface area contributed by atoms with E-state index in [0.29, 0.717) is 5.56 Å². The molecule has 0 saturated heterocycles. The minimum Gasteiger partial charge on any atom is -0.465 e. The van der Waals surface area contributed by atoms with Crippen molar-refractivity contribution in [1.82, 2.24) is 9.97 Å². The molecule has 0 fully saturated rings. The molecule has 0 amide bonds. The highest BCUT2D eigenvalue weighted by Gasteiger charge is 2.11. The summed E-state index contributed by atoms with van der Waals surface area (Å²) >= 11 is 0. The van der Waals surface area contributed by atoms with Gasteiger partial charge in [0.2, 0.25) is 0 Å². The van der Waals surface area contributed by atoms with E-state index in [9.17, 15) is 14.0 Å². The molecule has 0 saturated carbocycles. The van der Waals surface area contributed by atoms with Crippen LogP contribution in [0.1, 0.15) is 10.4 Å². The van der Waals surface area contributed by atoms with Crippen LogP contribution in [0.5, 0.6) is 0 Å². The molecule has 18 heavy (non-hydrogen) atoms. The van der Waals surface area contributed by atoms with Crippen LogP contribution >= 0.6 is 0 Å². The Hall–Kier alpha value is -2.50. The van der Waals surface area contributed by atoms with Gasteiger partial charge in [-0.25, -0.2) is 19.0 Å². The minimum atomic E-state index is -0.561. The van der Waals surface area contributed by atoms with Crippen molar-refractivity contribution in [3.8, 4) is 11.1 Å². The van der Waals surface area contributed by atoms with Gasteiger partial charge in [-0.3, -0.25) is 0 Å². The molecule has 0 radical (unpaired) electrons. The van der Waals surface area contributed by atoms with Crippen molar-refractivity contribution in [2.24, 2.45) is 0 Å². The first-order valence-electron chi connectivity index (χ1n) is 5.05. The SMILES string of the molecule is COC(=O)c1ccc(F)c(-c2cnc(=O)[nH]c2)c1. The van der Waals surface area contributed by atoms with Gasteiger partial charge in [0.15, 0.2) is 0 Å². The molecule has 6 heteroatoms. The average molecular weight is 248 g/mol. The van der Waals surface area contributed by atoms with Gasteiger partial charge in [-0.1, -0.05) is 0 Å². The van der Waals surface area contributed by atoms with Crippen LogP contribution < -0.4 is 5.69 Å². The number of esters is 1. The van der Waals surface area contributed by atoms with Crippen LogP contribution in [0.3, 0.4) is 0 Å². The first-order chi connectivity index (χ1) is 8.61. The standard InChI is InChI=1S/C12H9FN2O3/c1-18-11(16)7-2-3-10(13)9(4-7)8-5-14-12(17)15-6-8/h2-6H,1H3,(H,14,15,17). The highest BCUT2D eigenvalue weighted by molar-refractivity contribution is 5.90. The van der Waals surface area contributed by atoms with Crippen LogP contribution in [0.2, 0.25) is 0 Å². The van der Waals surface area contributed by atoms with Gasteiger partial charge in [-0.2, -0.15) is 0 Å².